The SMILES string of the molecule is C=Cc1[nH]ccc1/C(C)=C\C.CC. The molecular weight excluding hydrogens is 158 g/mol. The van der Waals surface area contributed by atoms with E-state index in [4.69, 9.17) is 0 Å². The first-order valence-electron chi connectivity index (χ1n) is 4.72. The van der Waals surface area contributed by atoms with Crippen molar-refractivity contribution in [2.24, 2.45) is 0 Å². The Morgan fingerprint density at radius 3 is 2.54 bits per heavy atom. The normalized spacial score (nSPS) is 10.3. The third-order valence-corrected chi connectivity index (χ3v) is 1.84. The van der Waals surface area contributed by atoms with Gasteiger partial charge in [-0.05, 0) is 31.6 Å². The second kappa shape index (κ2) is 6.30. The molecule has 1 heteroatoms. The second-order valence-corrected chi connectivity index (χ2v) is 2.48. The molecule has 0 unspecified atom stereocenters. The first kappa shape index (κ1) is 11.8. The average Bonchev–Trinajstić information content (AvgIpc) is 2.67. The molecule has 0 aliphatic carbocycles. The average molecular weight is 177 g/mol. The van der Waals surface area contributed by atoms with Crippen LogP contribution in [0.2, 0.25) is 0 Å². The van der Waals surface area contributed by atoms with Crippen molar-refractivity contribution in [2.75, 3.05) is 0 Å². The van der Waals surface area contributed by atoms with Crippen molar-refractivity contribution in [2.45, 2.75) is 27.7 Å². The fourth-order valence-corrected chi connectivity index (χ4v) is 1.05. The van der Waals surface area contributed by atoms with E-state index < -0.39 is 0 Å². The largest absolute Gasteiger partial charge is 0.361 e. The van der Waals surface area contributed by atoms with Crippen LogP contribution >= 0.6 is 0 Å². The zero-order valence-corrected chi connectivity index (χ0v) is 9.02. The Labute approximate surface area is 81.2 Å². The third-order valence-electron chi connectivity index (χ3n) is 1.84. The van der Waals surface area contributed by atoms with Gasteiger partial charge in [0.25, 0.3) is 0 Å². The number of nitrogens with one attached hydrogen (secondary N) is 1. The van der Waals surface area contributed by atoms with E-state index in [9.17, 15) is 0 Å². The van der Waals surface area contributed by atoms with Crippen LogP contribution in [0.15, 0.2) is 24.9 Å². The van der Waals surface area contributed by atoms with Crippen LogP contribution in [-0.4, -0.2) is 4.98 Å². The molecule has 0 fully saturated rings. The van der Waals surface area contributed by atoms with Crippen molar-refractivity contribution >= 4 is 11.6 Å². The number of aromatic amines is 1. The lowest BCUT2D eigenvalue weighted by Gasteiger charge is -1.97. The molecule has 13 heavy (non-hydrogen) atoms. The Balaban J connectivity index is 0.000000671. The Morgan fingerprint density at radius 1 is 1.46 bits per heavy atom. The van der Waals surface area contributed by atoms with Crippen LogP contribution in [0.4, 0.5) is 0 Å². The predicted molar refractivity (Wildman–Crippen MR) is 61.6 cm³/mol. The summed E-state index contributed by atoms with van der Waals surface area (Å²) in [5.74, 6) is 0. The van der Waals surface area contributed by atoms with E-state index in [1.165, 1.54) is 11.1 Å². The monoisotopic (exact) mass is 177 g/mol. The molecule has 0 amide bonds. The summed E-state index contributed by atoms with van der Waals surface area (Å²) in [7, 11) is 0. The van der Waals surface area contributed by atoms with Crippen LogP contribution < -0.4 is 0 Å². The standard InChI is InChI=1S/C10H13N.C2H6/c1-4-8(3)9-6-7-11-10(9)5-2;1-2/h4-7,11H,2H2,1,3H3;1-2H3/b8-4-;. The van der Waals surface area contributed by atoms with Gasteiger partial charge in [-0.2, -0.15) is 0 Å². The Bertz CT molecular complexity index is 279. The van der Waals surface area contributed by atoms with Crippen LogP contribution in [0.3, 0.4) is 0 Å². The van der Waals surface area contributed by atoms with E-state index in [0.29, 0.717) is 0 Å². The first-order valence-corrected chi connectivity index (χ1v) is 4.72. The van der Waals surface area contributed by atoms with Crippen molar-refractivity contribution in [1.82, 2.24) is 4.98 Å². The highest BCUT2D eigenvalue weighted by atomic mass is 14.7. The van der Waals surface area contributed by atoms with E-state index in [2.05, 4.69) is 30.6 Å². The van der Waals surface area contributed by atoms with Gasteiger partial charge >= 0.3 is 0 Å². The molecule has 0 radical (unpaired) electrons. The van der Waals surface area contributed by atoms with Crippen LogP contribution in [0, 0.1) is 0 Å². The lowest BCUT2D eigenvalue weighted by molar-refractivity contribution is 1.37. The minimum absolute atomic E-state index is 1.10. The van der Waals surface area contributed by atoms with Crippen LogP contribution in [0.1, 0.15) is 39.0 Å². The topological polar surface area (TPSA) is 15.8 Å². The van der Waals surface area contributed by atoms with E-state index >= 15 is 0 Å². The molecular formula is C12H19N. The summed E-state index contributed by atoms with van der Waals surface area (Å²) in [6, 6.07) is 2.06. The van der Waals surface area contributed by atoms with Crippen LogP contribution in [0.25, 0.3) is 11.6 Å². The molecule has 1 aromatic rings. The zero-order chi connectivity index (χ0) is 10.3. The Hall–Kier alpha value is -1.24. The quantitative estimate of drug-likeness (QED) is 0.699. The molecule has 1 N–H and O–H groups in total. The summed E-state index contributed by atoms with van der Waals surface area (Å²) in [6.45, 7) is 11.9. The summed E-state index contributed by atoms with van der Waals surface area (Å²) >= 11 is 0. The van der Waals surface area contributed by atoms with Gasteiger partial charge in [0, 0.05) is 17.5 Å². The van der Waals surface area contributed by atoms with Gasteiger partial charge in [0.15, 0.2) is 0 Å². The predicted octanol–water partition coefficient (Wildman–Crippen LogP) is 4.11. The first-order chi connectivity index (χ1) is 6.29. The van der Waals surface area contributed by atoms with E-state index in [1.54, 1.807) is 0 Å². The fourth-order valence-electron chi connectivity index (χ4n) is 1.05. The summed E-state index contributed by atoms with van der Waals surface area (Å²) in [5.41, 5.74) is 3.62. The van der Waals surface area contributed by atoms with Crippen molar-refractivity contribution in [3.8, 4) is 0 Å². The van der Waals surface area contributed by atoms with Crippen molar-refractivity contribution in [1.29, 1.82) is 0 Å². The third kappa shape index (κ3) is 2.94. The van der Waals surface area contributed by atoms with Crippen LogP contribution in [-0.2, 0) is 0 Å². The number of rotatable bonds is 2. The van der Waals surface area contributed by atoms with Gasteiger partial charge in [-0.15, -0.1) is 0 Å². The molecule has 1 heterocycles. The molecule has 0 aliphatic heterocycles. The Kier molecular flexibility index (Phi) is 5.69. The van der Waals surface area contributed by atoms with Gasteiger partial charge in [0.1, 0.15) is 0 Å². The second-order valence-electron chi connectivity index (χ2n) is 2.48. The Morgan fingerprint density at radius 2 is 2.08 bits per heavy atom. The van der Waals surface area contributed by atoms with Crippen molar-refractivity contribution in [3.63, 3.8) is 0 Å². The van der Waals surface area contributed by atoms with E-state index in [-0.39, 0.29) is 0 Å². The lowest BCUT2D eigenvalue weighted by atomic mass is 10.1. The fraction of sp³-hybridized carbons (Fsp3) is 0.333. The molecule has 0 aromatic carbocycles. The van der Waals surface area contributed by atoms with Gasteiger partial charge in [-0.1, -0.05) is 26.5 Å². The molecule has 0 aliphatic rings. The highest BCUT2D eigenvalue weighted by molar-refractivity contribution is 5.70. The smallest absolute Gasteiger partial charge is 0.0450 e. The summed E-state index contributed by atoms with van der Waals surface area (Å²) in [4.78, 5) is 3.11. The zero-order valence-electron chi connectivity index (χ0n) is 9.02. The number of hydrogen-bond acceptors (Lipinski definition) is 0. The van der Waals surface area contributed by atoms with Crippen LogP contribution in [0.5, 0.6) is 0 Å². The molecule has 0 atom stereocenters. The van der Waals surface area contributed by atoms with Gasteiger partial charge in [0.2, 0.25) is 0 Å². The maximum absolute atomic E-state index is 3.72. The maximum atomic E-state index is 3.72. The number of allylic oxidation sites excluding steroid dienone is 2. The van der Waals surface area contributed by atoms with Gasteiger partial charge in [-0.25, -0.2) is 0 Å². The molecule has 0 saturated heterocycles. The van der Waals surface area contributed by atoms with Gasteiger partial charge < -0.3 is 4.98 Å². The van der Waals surface area contributed by atoms with Gasteiger partial charge in [0.05, 0.1) is 0 Å². The molecule has 0 spiro atoms. The highest BCUT2D eigenvalue weighted by Crippen LogP contribution is 2.17. The molecule has 1 nitrogen and oxygen atoms in total. The number of H-pyrrole nitrogens is 1. The molecule has 72 valence electrons. The summed E-state index contributed by atoms with van der Waals surface area (Å²) in [6.07, 6.45) is 5.86. The minimum atomic E-state index is 1.10. The van der Waals surface area contributed by atoms with Gasteiger partial charge in [-0.3, -0.25) is 0 Å². The van der Waals surface area contributed by atoms with E-state index in [1.807, 2.05) is 33.0 Å². The number of hydrogen-bond donors (Lipinski definition) is 1. The molecule has 0 bridgehead atoms. The lowest BCUT2D eigenvalue weighted by Crippen LogP contribution is -1.79. The summed E-state index contributed by atoms with van der Waals surface area (Å²) < 4.78 is 0. The molecule has 1 rings (SSSR count). The maximum Gasteiger partial charge on any atom is 0.0450 e. The number of aromatic nitrogens is 1. The molecule has 0 saturated carbocycles. The minimum Gasteiger partial charge on any atom is -0.361 e. The van der Waals surface area contributed by atoms with Crippen molar-refractivity contribution in [3.05, 3.63) is 36.2 Å². The molecule has 1 aromatic heterocycles. The highest BCUT2D eigenvalue weighted by Gasteiger charge is 1.99. The van der Waals surface area contributed by atoms with E-state index in [0.717, 1.165) is 5.69 Å². The summed E-state index contributed by atoms with van der Waals surface area (Å²) in [5, 5.41) is 0. The van der Waals surface area contributed by atoms with Crippen molar-refractivity contribution < 1.29 is 0 Å².